The highest BCUT2D eigenvalue weighted by atomic mass is 16.5. The van der Waals surface area contributed by atoms with E-state index in [4.69, 9.17) is 4.74 Å². The normalized spacial score (nSPS) is 11.2. The molecule has 28 heavy (non-hydrogen) atoms. The molecule has 0 aliphatic heterocycles. The molecule has 0 spiro atoms. The Labute approximate surface area is 166 Å². The summed E-state index contributed by atoms with van der Waals surface area (Å²) >= 11 is 0. The first-order chi connectivity index (χ1) is 13.5. The van der Waals surface area contributed by atoms with Gasteiger partial charge in [0.25, 0.3) is 5.56 Å². The summed E-state index contributed by atoms with van der Waals surface area (Å²) < 4.78 is 5.41. The van der Waals surface area contributed by atoms with Gasteiger partial charge >= 0.3 is 0 Å². The summed E-state index contributed by atoms with van der Waals surface area (Å²) in [5, 5.41) is 0. The average molecular weight is 377 g/mol. The predicted octanol–water partition coefficient (Wildman–Crippen LogP) is 3.88. The number of H-pyrrole nitrogens is 1. The molecule has 5 heteroatoms. The lowest BCUT2D eigenvalue weighted by Gasteiger charge is -2.21. The quantitative estimate of drug-likeness (QED) is 0.679. The van der Waals surface area contributed by atoms with Crippen LogP contribution in [-0.2, 0) is 13.0 Å². The van der Waals surface area contributed by atoms with Gasteiger partial charge in [-0.05, 0) is 32.5 Å². The van der Waals surface area contributed by atoms with Gasteiger partial charge in [-0.2, -0.15) is 0 Å². The van der Waals surface area contributed by atoms with Gasteiger partial charge in [-0.25, -0.2) is 4.98 Å². The molecule has 0 radical (unpaired) electrons. The standard InChI is InChI=1S/C23H27N3O2/c1-16(2)26(3)15-17-9-11-18(12-10-17)23-24-20(14-22(27)25-23)13-19-7-5-6-8-21(19)28-4/h5-12,14,16H,13,15H2,1-4H3,(H,24,25,27). The number of nitrogens with zero attached hydrogens (tertiary/aromatic N) is 2. The van der Waals surface area contributed by atoms with E-state index in [1.165, 1.54) is 5.56 Å². The van der Waals surface area contributed by atoms with E-state index in [0.717, 1.165) is 23.4 Å². The minimum atomic E-state index is -0.154. The lowest BCUT2D eigenvalue weighted by molar-refractivity contribution is 0.266. The van der Waals surface area contributed by atoms with Crippen LogP contribution >= 0.6 is 0 Å². The number of rotatable bonds is 7. The molecule has 3 rings (SSSR count). The van der Waals surface area contributed by atoms with Crippen LogP contribution in [0.5, 0.6) is 5.75 Å². The number of benzene rings is 2. The largest absolute Gasteiger partial charge is 0.496 e. The molecule has 0 amide bonds. The second-order valence-corrected chi connectivity index (χ2v) is 7.28. The Morgan fingerprint density at radius 3 is 2.50 bits per heavy atom. The average Bonchev–Trinajstić information content (AvgIpc) is 2.68. The van der Waals surface area contributed by atoms with Crippen LogP contribution in [0.1, 0.15) is 30.7 Å². The molecule has 1 heterocycles. The van der Waals surface area contributed by atoms with Crippen LogP contribution in [0.25, 0.3) is 11.4 Å². The summed E-state index contributed by atoms with van der Waals surface area (Å²) in [4.78, 5) is 22.0. The van der Waals surface area contributed by atoms with Crippen molar-refractivity contribution < 1.29 is 4.74 Å². The number of nitrogens with one attached hydrogen (secondary N) is 1. The van der Waals surface area contributed by atoms with Crippen molar-refractivity contribution in [2.24, 2.45) is 0 Å². The molecule has 0 unspecified atom stereocenters. The maximum atomic E-state index is 12.2. The van der Waals surface area contributed by atoms with Crippen LogP contribution in [0.3, 0.4) is 0 Å². The van der Waals surface area contributed by atoms with Crippen molar-refractivity contribution in [1.29, 1.82) is 0 Å². The minimum Gasteiger partial charge on any atom is -0.496 e. The van der Waals surface area contributed by atoms with E-state index >= 15 is 0 Å². The van der Waals surface area contributed by atoms with Gasteiger partial charge in [0.15, 0.2) is 0 Å². The number of aromatic nitrogens is 2. The zero-order valence-corrected chi connectivity index (χ0v) is 16.9. The Morgan fingerprint density at radius 1 is 1.11 bits per heavy atom. The van der Waals surface area contributed by atoms with Gasteiger partial charge in [0.2, 0.25) is 0 Å². The molecule has 0 atom stereocenters. The molecule has 146 valence electrons. The highest BCUT2D eigenvalue weighted by Crippen LogP contribution is 2.21. The Kier molecular flexibility index (Phi) is 6.26. The summed E-state index contributed by atoms with van der Waals surface area (Å²) in [6.45, 7) is 5.24. The van der Waals surface area contributed by atoms with Crippen molar-refractivity contribution in [3.8, 4) is 17.1 Å². The molecule has 5 nitrogen and oxygen atoms in total. The summed E-state index contributed by atoms with van der Waals surface area (Å²) in [6.07, 6.45) is 0.540. The van der Waals surface area contributed by atoms with E-state index in [9.17, 15) is 4.79 Å². The fourth-order valence-corrected chi connectivity index (χ4v) is 3.02. The number of para-hydroxylation sites is 1. The van der Waals surface area contributed by atoms with E-state index in [1.807, 2.05) is 36.4 Å². The van der Waals surface area contributed by atoms with Crippen molar-refractivity contribution in [1.82, 2.24) is 14.9 Å². The third kappa shape index (κ3) is 4.87. The van der Waals surface area contributed by atoms with Crippen LogP contribution in [0, 0.1) is 0 Å². The van der Waals surface area contributed by atoms with Crippen LogP contribution in [0.15, 0.2) is 59.4 Å². The molecule has 0 fully saturated rings. The second kappa shape index (κ2) is 8.85. The van der Waals surface area contributed by atoms with Crippen molar-refractivity contribution in [2.75, 3.05) is 14.2 Å². The maximum Gasteiger partial charge on any atom is 0.251 e. The van der Waals surface area contributed by atoms with E-state index < -0.39 is 0 Å². The van der Waals surface area contributed by atoms with Crippen LogP contribution in [0.4, 0.5) is 0 Å². The Hall–Kier alpha value is -2.92. The number of ether oxygens (including phenoxy) is 1. The third-order valence-electron chi connectivity index (χ3n) is 4.90. The molecule has 1 N–H and O–H groups in total. The number of methoxy groups -OCH3 is 1. The topological polar surface area (TPSA) is 58.2 Å². The molecule has 2 aromatic carbocycles. The highest BCUT2D eigenvalue weighted by molar-refractivity contribution is 5.55. The molecule has 3 aromatic rings. The smallest absolute Gasteiger partial charge is 0.251 e. The van der Waals surface area contributed by atoms with E-state index in [2.05, 4.69) is 47.9 Å². The summed E-state index contributed by atoms with van der Waals surface area (Å²) in [6, 6.07) is 18.0. The molecular formula is C23H27N3O2. The van der Waals surface area contributed by atoms with E-state index in [-0.39, 0.29) is 5.56 Å². The van der Waals surface area contributed by atoms with Crippen molar-refractivity contribution >= 4 is 0 Å². The van der Waals surface area contributed by atoms with Crippen molar-refractivity contribution in [3.63, 3.8) is 0 Å². The lowest BCUT2D eigenvalue weighted by Crippen LogP contribution is -2.25. The van der Waals surface area contributed by atoms with Gasteiger partial charge in [0.05, 0.1) is 12.8 Å². The van der Waals surface area contributed by atoms with Crippen LogP contribution < -0.4 is 10.3 Å². The van der Waals surface area contributed by atoms with Gasteiger partial charge < -0.3 is 9.72 Å². The maximum absolute atomic E-state index is 12.2. The summed E-state index contributed by atoms with van der Waals surface area (Å²) in [5.74, 6) is 1.38. The SMILES string of the molecule is COc1ccccc1Cc1cc(=O)[nH]c(-c2ccc(CN(C)C(C)C)cc2)n1. The summed E-state index contributed by atoms with van der Waals surface area (Å²) in [5.41, 5.74) is 3.69. The van der Waals surface area contributed by atoms with Gasteiger partial charge in [-0.15, -0.1) is 0 Å². The molecule has 0 aliphatic carbocycles. The number of hydrogen-bond acceptors (Lipinski definition) is 4. The predicted molar refractivity (Wildman–Crippen MR) is 113 cm³/mol. The number of hydrogen-bond donors (Lipinski definition) is 1. The first-order valence-electron chi connectivity index (χ1n) is 9.48. The zero-order valence-electron chi connectivity index (χ0n) is 16.9. The second-order valence-electron chi connectivity index (χ2n) is 7.28. The molecule has 0 saturated heterocycles. The van der Waals surface area contributed by atoms with Gasteiger partial charge in [0, 0.05) is 36.2 Å². The lowest BCUT2D eigenvalue weighted by atomic mass is 10.1. The van der Waals surface area contributed by atoms with Crippen LogP contribution in [-0.4, -0.2) is 35.1 Å². The first-order valence-corrected chi connectivity index (χ1v) is 9.48. The Bertz CT molecular complexity index is 978. The fraction of sp³-hybridized carbons (Fsp3) is 0.304. The minimum absolute atomic E-state index is 0.154. The molecule has 0 saturated carbocycles. The molecular weight excluding hydrogens is 350 g/mol. The number of aromatic amines is 1. The molecule has 1 aromatic heterocycles. The third-order valence-corrected chi connectivity index (χ3v) is 4.90. The molecule has 0 aliphatic rings. The van der Waals surface area contributed by atoms with Crippen LogP contribution in [0.2, 0.25) is 0 Å². The van der Waals surface area contributed by atoms with Gasteiger partial charge in [-0.1, -0.05) is 42.5 Å². The van der Waals surface area contributed by atoms with E-state index in [0.29, 0.717) is 24.0 Å². The molecule has 0 bridgehead atoms. The highest BCUT2D eigenvalue weighted by Gasteiger charge is 2.09. The summed E-state index contributed by atoms with van der Waals surface area (Å²) in [7, 11) is 3.76. The zero-order chi connectivity index (χ0) is 20.1. The Morgan fingerprint density at radius 2 is 1.82 bits per heavy atom. The first kappa shape index (κ1) is 19.8. The van der Waals surface area contributed by atoms with Gasteiger partial charge in [0.1, 0.15) is 11.6 Å². The van der Waals surface area contributed by atoms with Crippen molar-refractivity contribution in [3.05, 3.63) is 81.8 Å². The fourth-order valence-electron chi connectivity index (χ4n) is 3.02. The Balaban J connectivity index is 1.84. The monoisotopic (exact) mass is 377 g/mol. The van der Waals surface area contributed by atoms with E-state index in [1.54, 1.807) is 13.2 Å². The van der Waals surface area contributed by atoms with Gasteiger partial charge in [-0.3, -0.25) is 9.69 Å². The van der Waals surface area contributed by atoms with Crippen molar-refractivity contribution in [2.45, 2.75) is 32.9 Å².